The Hall–Kier alpha value is -2.44. The van der Waals surface area contributed by atoms with E-state index in [0.29, 0.717) is 18.9 Å². The molecule has 144 valence electrons. The van der Waals surface area contributed by atoms with Crippen LogP contribution in [0.4, 0.5) is 0 Å². The van der Waals surface area contributed by atoms with Crippen LogP contribution < -0.4 is 20.5 Å². The van der Waals surface area contributed by atoms with Gasteiger partial charge in [-0.15, -0.1) is 0 Å². The van der Waals surface area contributed by atoms with E-state index < -0.39 is 0 Å². The second kappa shape index (κ2) is 10.5. The van der Waals surface area contributed by atoms with E-state index in [9.17, 15) is 4.79 Å². The first kappa shape index (κ1) is 19.9. The quantitative estimate of drug-likeness (QED) is 0.417. The molecule has 1 aromatic rings. The van der Waals surface area contributed by atoms with E-state index in [1.165, 1.54) is 0 Å². The van der Waals surface area contributed by atoms with Gasteiger partial charge in [0.1, 0.15) is 11.5 Å². The molecular formula is C19H30N4O3. The van der Waals surface area contributed by atoms with Crippen LogP contribution in [0, 0.1) is 5.92 Å². The van der Waals surface area contributed by atoms with Crippen molar-refractivity contribution >= 4 is 11.9 Å². The molecule has 0 radical (unpaired) electrons. The number of ether oxygens (including phenoxy) is 2. The number of piperidine rings is 1. The Morgan fingerprint density at radius 1 is 1.42 bits per heavy atom. The van der Waals surface area contributed by atoms with E-state index in [4.69, 9.17) is 15.2 Å². The van der Waals surface area contributed by atoms with E-state index in [2.05, 4.69) is 15.2 Å². The zero-order valence-electron chi connectivity index (χ0n) is 15.7. The van der Waals surface area contributed by atoms with Gasteiger partial charge in [-0.1, -0.05) is 6.07 Å². The van der Waals surface area contributed by atoms with Crippen LogP contribution in [0.25, 0.3) is 0 Å². The average molecular weight is 362 g/mol. The van der Waals surface area contributed by atoms with Crippen molar-refractivity contribution in [3.63, 3.8) is 0 Å². The van der Waals surface area contributed by atoms with E-state index >= 15 is 0 Å². The predicted octanol–water partition coefficient (Wildman–Crippen LogP) is 1.63. The molecule has 1 atom stereocenters. The lowest BCUT2D eigenvalue weighted by molar-refractivity contribution is -0.119. The van der Waals surface area contributed by atoms with Gasteiger partial charge < -0.3 is 25.4 Å². The van der Waals surface area contributed by atoms with E-state index in [0.717, 1.165) is 56.4 Å². The average Bonchev–Trinajstić information content (AvgIpc) is 2.64. The first-order valence-corrected chi connectivity index (χ1v) is 9.13. The SMILES string of the molecule is CN=C(NCCCOc1cccc(OC)c1)N1CCCC(CC(N)=O)C1. The summed E-state index contributed by atoms with van der Waals surface area (Å²) >= 11 is 0. The van der Waals surface area contributed by atoms with Gasteiger partial charge in [0.2, 0.25) is 5.91 Å². The highest BCUT2D eigenvalue weighted by Gasteiger charge is 2.23. The number of aliphatic imine (C=N–C) groups is 1. The van der Waals surface area contributed by atoms with Crippen LogP contribution in [0.15, 0.2) is 29.3 Å². The Kier molecular flexibility index (Phi) is 8.05. The summed E-state index contributed by atoms with van der Waals surface area (Å²) in [6, 6.07) is 7.59. The van der Waals surface area contributed by atoms with Gasteiger partial charge in [0.25, 0.3) is 0 Å². The van der Waals surface area contributed by atoms with Gasteiger partial charge in [0.15, 0.2) is 5.96 Å². The van der Waals surface area contributed by atoms with Crippen molar-refractivity contribution in [1.29, 1.82) is 0 Å². The molecule has 0 aromatic heterocycles. The molecule has 0 bridgehead atoms. The summed E-state index contributed by atoms with van der Waals surface area (Å²) < 4.78 is 10.9. The number of benzene rings is 1. The minimum Gasteiger partial charge on any atom is -0.497 e. The normalized spacial score (nSPS) is 17.7. The van der Waals surface area contributed by atoms with Gasteiger partial charge in [-0.2, -0.15) is 0 Å². The molecule has 3 N–H and O–H groups in total. The standard InChI is InChI=1S/C19H30N4O3/c1-21-19(23-10-4-6-15(14-23)12-18(20)24)22-9-5-11-26-17-8-3-7-16(13-17)25-2/h3,7-8,13,15H,4-6,9-12,14H2,1-2H3,(H2,20,24)(H,21,22). The van der Waals surface area contributed by atoms with Crippen molar-refractivity contribution < 1.29 is 14.3 Å². The number of guanidine groups is 1. The van der Waals surface area contributed by atoms with Gasteiger partial charge in [-0.05, 0) is 37.3 Å². The summed E-state index contributed by atoms with van der Waals surface area (Å²) in [5.74, 6) is 2.56. The second-order valence-corrected chi connectivity index (χ2v) is 6.48. The summed E-state index contributed by atoms with van der Waals surface area (Å²) in [4.78, 5) is 17.7. The number of nitrogens with one attached hydrogen (secondary N) is 1. The molecule has 1 saturated heterocycles. The van der Waals surface area contributed by atoms with Crippen molar-refractivity contribution in [1.82, 2.24) is 10.2 Å². The Morgan fingerprint density at radius 3 is 2.96 bits per heavy atom. The number of primary amides is 1. The zero-order valence-corrected chi connectivity index (χ0v) is 15.7. The van der Waals surface area contributed by atoms with Gasteiger partial charge in [-0.25, -0.2) is 0 Å². The highest BCUT2D eigenvalue weighted by atomic mass is 16.5. The summed E-state index contributed by atoms with van der Waals surface area (Å²) in [6.07, 6.45) is 3.40. The van der Waals surface area contributed by atoms with Crippen molar-refractivity contribution in [3.05, 3.63) is 24.3 Å². The molecule has 1 heterocycles. The number of hydrogen-bond donors (Lipinski definition) is 2. The van der Waals surface area contributed by atoms with Crippen molar-refractivity contribution in [2.45, 2.75) is 25.7 Å². The molecule has 1 aliphatic rings. The zero-order chi connectivity index (χ0) is 18.8. The van der Waals surface area contributed by atoms with E-state index in [1.807, 2.05) is 24.3 Å². The van der Waals surface area contributed by atoms with Crippen molar-refractivity contribution in [3.8, 4) is 11.5 Å². The molecule has 1 aliphatic heterocycles. The number of carbonyl (C=O) groups excluding carboxylic acids is 1. The molecule has 1 aromatic carbocycles. The Labute approximate surface area is 155 Å². The number of likely N-dealkylation sites (tertiary alicyclic amines) is 1. The maximum atomic E-state index is 11.2. The van der Waals surface area contributed by atoms with Gasteiger partial charge in [-0.3, -0.25) is 9.79 Å². The van der Waals surface area contributed by atoms with Crippen LogP contribution in [0.3, 0.4) is 0 Å². The smallest absolute Gasteiger partial charge is 0.217 e. The maximum absolute atomic E-state index is 11.2. The third-order valence-corrected chi connectivity index (χ3v) is 4.43. The van der Waals surface area contributed by atoms with E-state index in [1.54, 1.807) is 14.2 Å². The number of hydrogen-bond acceptors (Lipinski definition) is 4. The minimum absolute atomic E-state index is 0.227. The fourth-order valence-corrected chi connectivity index (χ4v) is 3.19. The highest BCUT2D eigenvalue weighted by Crippen LogP contribution is 2.20. The number of carbonyl (C=O) groups is 1. The Morgan fingerprint density at radius 2 is 2.23 bits per heavy atom. The Bertz CT molecular complexity index is 606. The van der Waals surface area contributed by atoms with Crippen molar-refractivity contribution in [2.75, 3.05) is 40.4 Å². The minimum atomic E-state index is -0.227. The summed E-state index contributed by atoms with van der Waals surface area (Å²) in [5, 5.41) is 3.38. The number of nitrogens with zero attached hydrogens (tertiary/aromatic N) is 2. The Balaban J connectivity index is 1.70. The summed E-state index contributed by atoms with van der Waals surface area (Å²) in [7, 11) is 3.43. The summed E-state index contributed by atoms with van der Waals surface area (Å²) in [6.45, 7) is 3.16. The van der Waals surface area contributed by atoms with Crippen molar-refractivity contribution in [2.24, 2.45) is 16.6 Å². The number of amides is 1. The highest BCUT2D eigenvalue weighted by molar-refractivity contribution is 5.80. The molecule has 7 heteroatoms. The lowest BCUT2D eigenvalue weighted by atomic mass is 9.95. The van der Waals surface area contributed by atoms with Crippen LogP contribution in [0.5, 0.6) is 11.5 Å². The lowest BCUT2D eigenvalue weighted by Gasteiger charge is -2.34. The molecule has 2 rings (SSSR count). The first-order chi connectivity index (χ1) is 12.6. The fourth-order valence-electron chi connectivity index (χ4n) is 3.19. The molecule has 1 unspecified atom stereocenters. The third-order valence-electron chi connectivity index (χ3n) is 4.43. The molecular weight excluding hydrogens is 332 g/mol. The van der Waals surface area contributed by atoms with Gasteiger partial charge >= 0.3 is 0 Å². The van der Waals surface area contributed by atoms with Crippen LogP contribution in [0.2, 0.25) is 0 Å². The fraction of sp³-hybridized carbons (Fsp3) is 0.579. The maximum Gasteiger partial charge on any atom is 0.217 e. The molecule has 0 saturated carbocycles. The number of rotatable bonds is 8. The molecule has 1 amide bonds. The van der Waals surface area contributed by atoms with Gasteiger partial charge in [0, 0.05) is 39.2 Å². The first-order valence-electron chi connectivity index (χ1n) is 9.13. The topological polar surface area (TPSA) is 89.2 Å². The van der Waals surface area contributed by atoms with Crippen LogP contribution in [0.1, 0.15) is 25.7 Å². The molecule has 1 fully saturated rings. The van der Waals surface area contributed by atoms with Crippen LogP contribution >= 0.6 is 0 Å². The molecule has 0 spiro atoms. The number of nitrogens with two attached hydrogens (primary N) is 1. The van der Waals surface area contributed by atoms with Crippen LogP contribution in [-0.2, 0) is 4.79 Å². The van der Waals surface area contributed by atoms with E-state index in [-0.39, 0.29) is 5.91 Å². The monoisotopic (exact) mass is 362 g/mol. The lowest BCUT2D eigenvalue weighted by Crippen LogP contribution is -2.47. The molecule has 7 nitrogen and oxygen atoms in total. The second-order valence-electron chi connectivity index (χ2n) is 6.48. The van der Waals surface area contributed by atoms with Crippen LogP contribution in [-0.4, -0.2) is 57.2 Å². The summed E-state index contributed by atoms with van der Waals surface area (Å²) in [5.41, 5.74) is 5.33. The molecule has 26 heavy (non-hydrogen) atoms. The van der Waals surface area contributed by atoms with Gasteiger partial charge in [0.05, 0.1) is 13.7 Å². The predicted molar refractivity (Wildman–Crippen MR) is 103 cm³/mol. The largest absolute Gasteiger partial charge is 0.497 e. The molecule has 0 aliphatic carbocycles. The third kappa shape index (κ3) is 6.46. The number of methoxy groups -OCH3 is 1.